The molecule has 0 aliphatic heterocycles. The molecule has 4 nitrogen and oxygen atoms in total. The SMILES string of the molecule is CC(C)c1csc(NC(=O)C2(N)CCCCC2)n1. The van der Waals surface area contributed by atoms with Crippen molar-refractivity contribution < 1.29 is 4.79 Å². The lowest BCUT2D eigenvalue weighted by Gasteiger charge is -2.31. The minimum absolute atomic E-state index is 0.0770. The molecule has 0 atom stereocenters. The van der Waals surface area contributed by atoms with Gasteiger partial charge in [-0.1, -0.05) is 33.1 Å². The van der Waals surface area contributed by atoms with Crippen LogP contribution in [0.3, 0.4) is 0 Å². The number of nitrogens with one attached hydrogen (secondary N) is 1. The Labute approximate surface area is 112 Å². The highest BCUT2D eigenvalue weighted by molar-refractivity contribution is 7.13. The summed E-state index contributed by atoms with van der Waals surface area (Å²) < 4.78 is 0. The van der Waals surface area contributed by atoms with Crippen LogP contribution < -0.4 is 11.1 Å². The van der Waals surface area contributed by atoms with E-state index in [4.69, 9.17) is 5.73 Å². The van der Waals surface area contributed by atoms with E-state index in [9.17, 15) is 4.79 Å². The Morgan fingerprint density at radius 1 is 1.44 bits per heavy atom. The lowest BCUT2D eigenvalue weighted by molar-refractivity contribution is -0.122. The summed E-state index contributed by atoms with van der Waals surface area (Å²) in [7, 11) is 0. The summed E-state index contributed by atoms with van der Waals surface area (Å²) in [5.74, 6) is 0.306. The second-order valence-corrected chi connectivity index (χ2v) is 6.26. The van der Waals surface area contributed by atoms with Crippen LogP contribution in [-0.4, -0.2) is 16.4 Å². The Balaban J connectivity index is 2.01. The van der Waals surface area contributed by atoms with Gasteiger partial charge in [-0.15, -0.1) is 11.3 Å². The summed E-state index contributed by atoms with van der Waals surface area (Å²) in [4.78, 5) is 16.6. The van der Waals surface area contributed by atoms with E-state index in [0.29, 0.717) is 11.0 Å². The lowest BCUT2D eigenvalue weighted by atomic mass is 9.82. The maximum absolute atomic E-state index is 12.2. The average molecular weight is 267 g/mol. The second kappa shape index (κ2) is 5.36. The predicted octanol–water partition coefficient (Wildman–Crippen LogP) is 2.87. The van der Waals surface area contributed by atoms with Gasteiger partial charge in [-0.05, 0) is 18.8 Å². The van der Waals surface area contributed by atoms with E-state index in [1.54, 1.807) is 0 Å². The van der Waals surface area contributed by atoms with Crippen LogP contribution in [0.1, 0.15) is 57.6 Å². The molecule has 5 heteroatoms. The van der Waals surface area contributed by atoms with Gasteiger partial charge >= 0.3 is 0 Å². The highest BCUT2D eigenvalue weighted by Crippen LogP contribution is 2.28. The van der Waals surface area contributed by atoms with Gasteiger partial charge in [-0.25, -0.2) is 4.98 Å². The highest BCUT2D eigenvalue weighted by atomic mass is 32.1. The molecule has 1 aromatic heterocycles. The number of aromatic nitrogens is 1. The standard InChI is InChI=1S/C13H21N3OS/c1-9(2)10-8-18-12(15-10)16-11(17)13(14)6-4-3-5-7-13/h8-9H,3-7,14H2,1-2H3,(H,15,16,17). The molecule has 1 fully saturated rings. The van der Waals surface area contributed by atoms with E-state index in [0.717, 1.165) is 31.4 Å². The van der Waals surface area contributed by atoms with Crippen LogP contribution in [0.2, 0.25) is 0 Å². The lowest BCUT2D eigenvalue weighted by Crippen LogP contribution is -2.52. The van der Waals surface area contributed by atoms with Crippen LogP contribution in [0, 0.1) is 0 Å². The Kier molecular flexibility index (Phi) is 4.02. The molecule has 0 radical (unpaired) electrons. The zero-order valence-corrected chi connectivity index (χ0v) is 11.8. The van der Waals surface area contributed by atoms with Gasteiger partial charge in [-0.3, -0.25) is 4.79 Å². The Bertz CT molecular complexity index is 422. The fraction of sp³-hybridized carbons (Fsp3) is 0.692. The van der Waals surface area contributed by atoms with Gasteiger partial charge < -0.3 is 11.1 Å². The van der Waals surface area contributed by atoms with Gasteiger partial charge in [0.05, 0.1) is 11.2 Å². The number of nitrogens with two attached hydrogens (primary N) is 1. The molecule has 1 saturated carbocycles. The van der Waals surface area contributed by atoms with Gasteiger partial charge in [0.2, 0.25) is 5.91 Å². The van der Waals surface area contributed by atoms with Crippen molar-refractivity contribution in [2.75, 3.05) is 5.32 Å². The van der Waals surface area contributed by atoms with Crippen molar-refractivity contribution in [1.82, 2.24) is 4.98 Å². The smallest absolute Gasteiger partial charge is 0.246 e. The molecular formula is C13H21N3OS. The Hall–Kier alpha value is -0.940. The Morgan fingerprint density at radius 2 is 2.11 bits per heavy atom. The molecule has 2 rings (SSSR count). The predicted molar refractivity (Wildman–Crippen MR) is 74.8 cm³/mol. The number of anilines is 1. The molecule has 0 bridgehead atoms. The number of thiazole rings is 1. The average Bonchev–Trinajstić information content (AvgIpc) is 2.78. The van der Waals surface area contributed by atoms with Gasteiger partial charge in [0, 0.05) is 5.38 Å². The van der Waals surface area contributed by atoms with E-state index >= 15 is 0 Å². The van der Waals surface area contributed by atoms with E-state index < -0.39 is 5.54 Å². The first-order valence-electron chi connectivity index (χ1n) is 6.57. The van der Waals surface area contributed by atoms with Gasteiger partial charge in [0.25, 0.3) is 0 Å². The van der Waals surface area contributed by atoms with Crippen LogP contribution in [0.5, 0.6) is 0 Å². The normalized spacial score (nSPS) is 18.9. The maximum atomic E-state index is 12.2. The number of amides is 1. The van der Waals surface area contributed by atoms with Crippen molar-refractivity contribution in [1.29, 1.82) is 0 Å². The molecule has 1 amide bonds. The summed E-state index contributed by atoms with van der Waals surface area (Å²) in [5, 5.41) is 5.53. The summed E-state index contributed by atoms with van der Waals surface area (Å²) >= 11 is 1.47. The Morgan fingerprint density at radius 3 is 2.67 bits per heavy atom. The van der Waals surface area contributed by atoms with Crippen molar-refractivity contribution in [3.63, 3.8) is 0 Å². The summed E-state index contributed by atoms with van der Waals surface area (Å²) in [5.41, 5.74) is 6.51. The fourth-order valence-electron chi connectivity index (χ4n) is 2.24. The minimum Gasteiger partial charge on any atom is -0.317 e. The number of hydrogen-bond acceptors (Lipinski definition) is 4. The third kappa shape index (κ3) is 2.90. The largest absolute Gasteiger partial charge is 0.317 e. The number of nitrogens with zero attached hydrogens (tertiary/aromatic N) is 1. The van der Waals surface area contributed by atoms with Crippen molar-refractivity contribution in [2.24, 2.45) is 5.73 Å². The third-order valence-corrected chi connectivity index (χ3v) is 4.31. The molecule has 1 aliphatic carbocycles. The van der Waals surface area contributed by atoms with Gasteiger partial charge in [0.1, 0.15) is 0 Å². The van der Waals surface area contributed by atoms with Crippen molar-refractivity contribution in [2.45, 2.75) is 57.4 Å². The summed E-state index contributed by atoms with van der Waals surface area (Å²) in [6, 6.07) is 0. The number of hydrogen-bond donors (Lipinski definition) is 2. The first-order chi connectivity index (χ1) is 8.51. The number of carbonyl (C=O) groups is 1. The van der Waals surface area contributed by atoms with Crippen molar-refractivity contribution in [3.8, 4) is 0 Å². The van der Waals surface area contributed by atoms with Crippen molar-refractivity contribution >= 4 is 22.4 Å². The zero-order valence-electron chi connectivity index (χ0n) is 11.0. The zero-order chi connectivity index (χ0) is 13.2. The molecule has 0 aromatic carbocycles. The van der Waals surface area contributed by atoms with E-state index in [-0.39, 0.29) is 5.91 Å². The molecule has 1 aromatic rings. The molecule has 18 heavy (non-hydrogen) atoms. The van der Waals surface area contributed by atoms with Gasteiger partial charge in [-0.2, -0.15) is 0 Å². The topological polar surface area (TPSA) is 68.0 Å². The van der Waals surface area contributed by atoms with Gasteiger partial charge in [0.15, 0.2) is 5.13 Å². The minimum atomic E-state index is -0.693. The molecule has 0 unspecified atom stereocenters. The second-order valence-electron chi connectivity index (χ2n) is 5.40. The molecule has 3 N–H and O–H groups in total. The first-order valence-corrected chi connectivity index (χ1v) is 7.45. The van der Waals surface area contributed by atoms with Crippen LogP contribution in [0.25, 0.3) is 0 Å². The monoisotopic (exact) mass is 267 g/mol. The quantitative estimate of drug-likeness (QED) is 0.885. The van der Waals surface area contributed by atoms with E-state index in [1.807, 2.05) is 5.38 Å². The molecule has 100 valence electrons. The summed E-state index contributed by atoms with van der Waals surface area (Å²) in [6.07, 6.45) is 4.82. The third-order valence-electron chi connectivity index (χ3n) is 3.53. The maximum Gasteiger partial charge on any atom is 0.246 e. The van der Waals surface area contributed by atoms with Crippen LogP contribution in [0.4, 0.5) is 5.13 Å². The van der Waals surface area contributed by atoms with Crippen molar-refractivity contribution in [3.05, 3.63) is 11.1 Å². The highest BCUT2D eigenvalue weighted by Gasteiger charge is 2.35. The molecule has 0 saturated heterocycles. The van der Waals surface area contributed by atoms with Crippen LogP contribution in [-0.2, 0) is 4.79 Å². The van der Waals surface area contributed by atoms with Crippen LogP contribution in [0.15, 0.2) is 5.38 Å². The molecule has 1 heterocycles. The number of carbonyl (C=O) groups excluding carboxylic acids is 1. The number of rotatable bonds is 3. The van der Waals surface area contributed by atoms with E-state index in [2.05, 4.69) is 24.1 Å². The molecular weight excluding hydrogens is 246 g/mol. The first kappa shape index (κ1) is 13.5. The van der Waals surface area contributed by atoms with Crippen LogP contribution >= 0.6 is 11.3 Å². The van der Waals surface area contributed by atoms with E-state index in [1.165, 1.54) is 17.8 Å². The molecule has 0 spiro atoms. The fourth-order valence-corrected chi connectivity index (χ4v) is 3.11. The summed E-state index contributed by atoms with van der Waals surface area (Å²) in [6.45, 7) is 4.18. The molecule has 1 aliphatic rings.